The molecule has 1 aromatic rings. The van der Waals surface area contributed by atoms with Crippen LogP contribution >= 0.6 is 0 Å². The average Bonchev–Trinajstić information content (AvgIpc) is 2.49. The number of methoxy groups -OCH3 is 1. The van der Waals surface area contributed by atoms with E-state index in [-0.39, 0.29) is 11.5 Å². The van der Waals surface area contributed by atoms with E-state index in [1.165, 1.54) is 18.9 Å². The zero-order chi connectivity index (χ0) is 16.4. The van der Waals surface area contributed by atoms with E-state index in [1.54, 1.807) is 7.11 Å². The van der Waals surface area contributed by atoms with Crippen LogP contribution in [0.2, 0.25) is 0 Å². The van der Waals surface area contributed by atoms with Crippen LogP contribution in [0.25, 0.3) is 0 Å². The molecule has 4 nitrogen and oxygen atoms in total. The van der Waals surface area contributed by atoms with Crippen LogP contribution in [0.4, 0.5) is 15.8 Å². The standard InChI is InChI=1S/C18H28FN3O/c1-12-7-16(19)18(20)17(8-12)21-14-3-5-22(6-4-14)15-9-13(10-15)11-23-2/h7-8,13-15,21H,3-6,9-11,20H2,1-2H3. The van der Waals surface area contributed by atoms with E-state index in [4.69, 9.17) is 10.5 Å². The first kappa shape index (κ1) is 16.5. The summed E-state index contributed by atoms with van der Waals surface area (Å²) in [6.45, 7) is 5.00. The highest BCUT2D eigenvalue weighted by atomic mass is 19.1. The number of nitrogens with one attached hydrogen (secondary N) is 1. The Morgan fingerprint density at radius 3 is 2.65 bits per heavy atom. The molecule has 0 spiro atoms. The third-order valence-electron chi connectivity index (χ3n) is 5.29. The lowest BCUT2D eigenvalue weighted by molar-refractivity contribution is 0.0199. The fourth-order valence-electron chi connectivity index (χ4n) is 3.87. The molecule has 0 aromatic heterocycles. The molecule has 0 amide bonds. The van der Waals surface area contributed by atoms with Crippen LogP contribution in [0.3, 0.4) is 0 Å². The lowest BCUT2D eigenvalue weighted by Gasteiger charge is -2.45. The molecule has 1 aliphatic heterocycles. The summed E-state index contributed by atoms with van der Waals surface area (Å²) < 4.78 is 19.0. The molecule has 1 aromatic carbocycles. The van der Waals surface area contributed by atoms with Gasteiger partial charge in [-0.1, -0.05) is 0 Å². The number of piperidine rings is 1. The lowest BCUT2D eigenvalue weighted by Crippen LogP contribution is -2.50. The Kier molecular flexibility index (Phi) is 5.07. The van der Waals surface area contributed by atoms with Gasteiger partial charge in [-0.25, -0.2) is 4.39 Å². The van der Waals surface area contributed by atoms with Crippen molar-refractivity contribution in [1.82, 2.24) is 4.90 Å². The van der Waals surface area contributed by atoms with Crippen LogP contribution in [0, 0.1) is 18.7 Å². The second-order valence-electron chi connectivity index (χ2n) is 7.11. The maximum atomic E-state index is 13.7. The number of hydrogen-bond donors (Lipinski definition) is 2. The van der Waals surface area contributed by atoms with Crippen molar-refractivity contribution in [3.63, 3.8) is 0 Å². The number of nitrogens with two attached hydrogens (primary N) is 1. The second-order valence-corrected chi connectivity index (χ2v) is 7.11. The zero-order valence-electron chi connectivity index (χ0n) is 14.1. The van der Waals surface area contributed by atoms with Crippen LogP contribution in [-0.4, -0.2) is 43.8 Å². The summed E-state index contributed by atoms with van der Waals surface area (Å²) in [7, 11) is 1.78. The summed E-state index contributed by atoms with van der Waals surface area (Å²) in [4.78, 5) is 2.60. The first-order valence-corrected chi connectivity index (χ1v) is 8.62. The second kappa shape index (κ2) is 7.05. The van der Waals surface area contributed by atoms with Crippen molar-refractivity contribution < 1.29 is 9.13 Å². The maximum Gasteiger partial charge on any atom is 0.148 e. The summed E-state index contributed by atoms with van der Waals surface area (Å²) in [5.41, 5.74) is 7.73. The van der Waals surface area contributed by atoms with Gasteiger partial charge in [-0.3, -0.25) is 0 Å². The number of nitrogen functional groups attached to an aromatic ring is 1. The van der Waals surface area contributed by atoms with Gasteiger partial charge in [-0.05, 0) is 56.2 Å². The monoisotopic (exact) mass is 321 g/mol. The van der Waals surface area contributed by atoms with Crippen molar-refractivity contribution >= 4 is 11.4 Å². The molecule has 0 bridgehead atoms. The molecular formula is C18H28FN3O. The molecule has 23 heavy (non-hydrogen) atoms. The van der Waals surface area contributed by atoms with E-state index in [0.29, 0.717) is 6.04 Å². The van der Waals surface area contributed by atoms with E-state index in [0.717, 1.165) is 55.7 Å². The summed E-state index contributed by atoms with van der Waals surface area (Å²) in [6.07, 6.45) is 4.70. The SMILES string of the molecule is COCC1CC(N2CCC(Nc3cc(C)cc(F)c3N)CC2)C1. The maximum absolute atomic E-state index is 13.7. The molecule has 5 heteroatoms. The van der Waals surface area contributed by atoms with Crippen LogP contribution in [0.5, 0.6) is 0 Å². The van der Waals surface area contributed by atoms with Crippen LogP contribution in [-0.2, 0) is 4.74 Å². The van der Waals surface area contributed by atoms with Crippen molar-refractivity contribution in [3.05, 3.63) is 23.5 Å². The first-order valence-electron chi connectivity index (χ1n) is 8.62. The Hall–Kier alpha value is -1.33. The van der Waals surface area contributed by atoms with Crippen LogP contribution < -0.4 is 11.1 Å². The molecule has 2 aliphatic rings. The summed E-state index contributed by atoms with van der Waals surface area (Å²) >= 11 is 0. The van der Waals surface area contributed by atoms with Crippen molar-refractivity contribution in [2.75, 3.05) is 37.9 Å². The Morgan fingerprint density at radius 2 is 2.00 bits per heavy atom. The van der Waals surface area contributed by atoms with Crippen LogP contribution in [0.15, 0.2) is 12.1 Å². The minimum absolute atomic E-state index is 0.236. The Morgan fingerprint density at radius 1 is 1.30 bits per heavy atom. The van der Waals surface area contributed by atoms with Gasteiger partial charge in [0.05, 0.1) is 11.4 Å². The lowest BCUT2D eigenvalue weighted by atomic mass is 9.79. The van der Waals surface area contributed by atoms with Gasteiger partial charge in [-0.15, -0.1) is 0 Å². The van der Waals surface area contributed by atoms with E-state index in [2.05, 4.69) is 10.2 Å². The highest BCUT2D eigenvalue weighted by Crippen LogP contribution is 2.34. The zero-order valence-corrected chi connectivity index (χ0v) is 14.1. The number of likely N-dealkylation sites (tertiary alicyclic amines) is 1. The van der Waals surface area contributed by atoms with Crippen LogP contribution in [0.1, 0.15) is 31.2 Å². The van der Waals surface area contributed by atoms with Gasteiger partial charge in [0.1, 0.15) is 5.82 Å². The fourth-order valence-corrected chi connectivity index (χ4v) is 3.87. The van der Waals surface area contributed by atoms with Gasteiger partial charge in [0, 0.05) is 38.9 Å². The summed E-state index contributed by atoms with van der Waals surface area (Å²) in [6, 6.07) is 4.53. The molecular weight excluding hydrogens is 293 g/mol. The van der Waals surface area contributed by atoms with E-state index < -0.39 is 0 Å². The number of rotatable bonds is 5. The Balaban J connectivity index is 1.48. The van der Waals surface area contributed by atoms with Gasteiger partial charge in [-0.2, -0.15) is 0 Å². The van der Waals surface area contributed by atoms with E-state index >= 15 is 0 Å². The van der Waals surface area contributed by atoms with Gasteiger partial charge in [0.15, 0.2) is 0 Å². The number of halogens is 1. The number of anilines is 2. The molecule has 1 heterocycles. The molecule has 1 saturated heterocycles. The largest absolute Gasteiger partial charge is 0.395 e. The normalized spacial score (nSPS) is 26.0. The Labute approximate surface area is 138 Å². The number of hydrogen-bond acceptors (Lipinski definition) is 4. The van der Waals surface area contributed by atoms with Crippen molar-refractivity contribution in [1.29, 1.82) is 0 Å². The number of aryl methyl sites for hydroxylation is 1. The summed E-state index contributed by atoms with van der Waals surface area (Å²) in [5, 5.41) is 3.44. The highest BCUT2D eigenvalue weighted by molar-refractivity contribution is 5.68. The topological polar surface area (TPSA) is 50.5 Å². The van der Waals surface area contributed by atoms with Gasteiger partial charge in [0.2, 0.25) is 0 Å². The number of benzene rings is 1. The third kappa shape index (κ3) is 3.78. The fraction of sp³-hybridized carbons (Fsp3) is 0.667. The Bertz CT molecular complexity index is 537. The van der Waals surface area contributed by atoms with Gasteiger partial charge < -0.3 is 20.7 Å². The molecule has 3 rings (SSSR count). The molecule has 2 fully saturated rings. The minimum atomic E-state index is -0.330. The quantitative estimate of drug-likeness (QED) is 0.819. The molecule has 1 saturated carbocycles. The predicted octanol–water partition coefficient (Wildman–Crippen LogP) is 3.02. The predicted molar refractivity (Wildman–Crippen MR) is 92.2 cm³/mol. The van der Waals surface area contributed by atoms with Gasteiger partial charge >= 0.3 is 0 Å². The number of nitrogens with zero attached hydrogens (tertiary/aromatic N) is 1. The van der Waals surface area contributed by atoms with E-state index in [1.807, 2.05) is 13.0 Å². The minimum Gasteiger partial charge on any atom is -0.395 e. The molecule has 0 unspecified atom stereocenters. The molecule has 3 N–H and O–H groups in total. The molecule has 128 valence electrons. The van der Waals surface area contributed by atoms with E-state index in [9.17, 15) is 4.39 Å². The van der Waals surface area contributed by atoms with Crippen molar-refractivity contribution in [3.8, 4) is 0 Å². The third-order valence-corrected chi connectivity index (χ3v) is 5.29. The summed E-state index contributed by atoms with van der Waals surface area (Å²) in [5.74, 6) is 0.416. The first-order chi connectivity index (χ1) is 11.1. The smallest absolute Gasteiger partial charge is 0.148 e. The highest BCUT2D eigenvalue weighted by Gasteiger charge is 2.35. The molecule has 0 atom stereocenters. The van der Waals surface area contributed by atoms with Crippen molar-refractivity contribution in [2.24, 2.45) is 5.92 Å². The van der Waals surface area contributed by atoms with Crippen molar-refractivity contribution in [2.45, 2.75) is 44.7 Å². The average molecular weight is 321 g/mol. The van der Waals surface area contributed by atoms with Gasteiger partial charge in [0.25, 0.3) is 0 Å². The molecule has 0 radical (unpaired) electrons. The number of ether oxygens (including phenoxy) is 1. The molecule has 1 aliphatic carbocycles.